The molecular formula is C10H17F3N2O. The van der Waals surface area contributed by atoms with Crippen LogP contribution >= 0.6 is 0 Å². The largest absolute Gasteiger partial charge is 0.405 e. The molecule has 0 aliphatic carbocycles. The molecule has 1 atom stereocenters. The van der Waals surface area contributed by atoms with E-state index in [0.29, 0.717) is 12.8 Å². The molecule has 0 saturated carbocycles. The van der Waals surface area contributed by atoms with E-state index in [2.05, 4.69) is 5.32 Å². The number of nitriles is 1. The van der Waals surface area contributed by atoms with Crippen molar-refractivity contribution in [3.05, 3.63) is 0 Å². The predicted molar refractivity (Wildman–Crippen MR) is 53.6 cm³/mol. The fourth-order valence-electron chi connectivity index (χ4n) is 1.18. The summed E-state index contributed by atoms with van der Waals surface area (Å²) in [6, 6.07) is 1.20. The molecule has 0 radical (unpaired) electrons. The van der Waals surface area contributed by atoms with Crippen LogP contribution in [0, 0.1) is 17.2 Å². The maximum Gasteiger partial charge on any atom is 0.405 e. The molecule has 0 bridgehead atoms. The van der Waals surface area contributed by atoms with Gasteiger partial charge in [0.25, 0.3) is 0 Å². The first kappa shape index (κ1) is 15.2. The Morgan fingerprint density at radius 3 is 2.12 bits per heavy atom. The molecule has 1 unspecified atom stereocenters. The third kappa shape index (κ3) is 4.81. The van der Waals surface area contributed by atoms with E-state index in [4.69, 9.17) is 5.26 Å². The van der Waals surface area contributed by atoms with Crippen molar-refractivity contribution in [2.24, 2.45) is 5.92 Å². The SMILES string of the molecule is CCC(O)(CC)CNCC(C#N)C(F)(F)F. The quantitative estimate of drug-likeness (QED) is 0.742. The Bertz CT molecular complexity index is 243. The molecule has 0 saturated heterocycles. The summed E-state index contributed by atoms with van der Waals surface area (Å²) in [4.78, 5) is 0. The van der Waals surface area contributed by atoms with Crippen molar-refractivity contribution in [2.45, 2.75) is 38.5 Å². The first-order valence-corrected chi connectivity index (χ1v) is 5.18. The van der Waals surface area contributed by atoms with Gasteiger partial charge in [0.05, 0.1) is 11.7 Å². The van der Waals surface area contributed by atoms with Crippen molar-refractivity contribution >= 4 is 0 Å². The molecule has 3 nitrogen and oxygen atoms in total. The highest BCUT2D eigenvalue weighted by atomic mass is 19.4. The minimum atomic E-state index is -4.52. The molecule has 0 aliphatic heterocycles. The first-order chi connectivity index (χ1) is 7.29. The second-order valence-corrected chi connectivity index (χ2v) is 3.79. The first-order valence-electron chi connectivity index (χ1n) is 5.18. The zero-order chi connectivity index (χ0) is 12.8. The molecule has 0 aromatic rings. The zero-order valence-electron chi connectivity index (χ0n) is 9.43. The molecule has 0 aromatic carbocycles. The average molecular weight is 238 g/mol. The molecule has 0 fully saturated rings. The van der Waals surface area contributed by atoms with Gasteiger partial charge < -0.3 is 10.4 Å². The van der Waals surface area contributed by atoms with Crippen LogP contribution in [0.2, 0.25) is 0 Å². The summed E-state index contributed by atoms with van der Waals surface area (Å²) >= 11 is 0. The summed E-state index contributed by atoms with van der Waals surface area (Å²) in [6.45, 7) is 3.10. The Morgan fingerprint density at radius 2 is 1.81 bits per heavy atom. The summed E-state index contributed by atoms with van der Waals surface area (Å²) in [5.74, 6) is -2.02. The Morgan fingerprint density at radius 1 is 1.31 bits per heavy atom. The minimum Gasteiger partial charge on any atom is -0.389 e. The second-order valence-electron chi connectivity index (χ2n) is 3.79. The second kappa shape index (κ2) is 6.06. The van der Waals surface area contributed by atoms with Gasteiger partial charge in [0.15, 0.2) is 5.92 Å². The Labute approximate surface area is 93.3 Å². The van der Waals surface area contributed by atoms with Crippen molar-refractivity contribution in [3.63, 3.8) is 0 Å². The van der Waals surface area contributed by atoms with E-state index < -0.39 is 24.2 Å². The van der Waals surface area contributed by atoms with Crippen LogP contribution in [0.4, 0.5) is 13.2 Å². The number of hydrogen-bond donors (Lipinski definition) is 2. The van der Waals surface area contributed by atoms with Gasteiger partial charge in [-0.1, -0.05) is 13.8 Å². The van der Waals surface area contributed by atoms with Gasteiger partial charge in [-0.05, 0) is 12.8 Å². The molecule has 0 aliphatic rings. The van der Waals surface area contributed by atoms with Crippen LogP contribution in [0.1, 0.15) is 26.7 Å². The Hall–Kier alpha value is -0.800. The van der Waals surface area contributed by atoms with Gasteiger partial charge in [-0.3, -0.25) is 0 Å². The molecule has 16 heavy (non-hydrogen) atoms. The standard InChI is InChI=1S/C10H17F3N2O/c1-3-9(16,4-2)7-15-6-8(5-14)10(11,12)13/h8,15-16H,3-4,6-7H2,1-2H3. The number of alkyl halides is 3. The monoisotopic (exact) mass is 238 g/mol. The highest BCUT2D eigenvalue weighted by Crippen LogP contribution is 2.25. The van der Waals surface area contributed by atoms with Crippen molar-refractivity contribution in [1.29, 1.82) is 5.26 Å². The molecule has 94 valence electrons. The third-order valence-electron chi connectivity index (χ3n) is 2.67. The summed E-state index contributed by atoms with van der Waals surface area (Å²) in [5, 5.41) is 20.6. The van der Waals surface area contributed by atoms with Gasteiger partial charge in [-0.15, -0.1) is 0 Å². The summed E-state index contributed by atoms with van der Waals surface area (Å²) in [7, 11) is 0. The van der Waals surface area contributed by atoms with Crippen LogP contribution in [0.3, 0.4) is 0 Å². The lowest BCUT2D eigenvalue weighted by molar-refractivity contribution is -0.158. The topological polar surface area (TPSA) is 56.0 Å². The maximum absolute atomic E-state index is 12.2. The lowest BCUT2D eigenvalue weighted by atomic mass is 9.97. The van der Waals surface area contributed by atoms with Crippen LogP contribution in [0.5, 0.6) is 0 Å². The van der Waals surface area contributed by atoms with E-state index in [0.717, 1.165) is 0 Å². The normalized spacial score (nSPS) is 14.6. The van der Waals surface area contributed by atoms with Gasteiger partial charge in [0.2, 0.25) is 0 Å². The van der Waals surface area contributed by atoms with Gasteiger partial charge in [-0.2, -0.15) is 18.4 Å². The van der Waals surface area contributed by atoms with Gasteiger partial charge in [-0.25, -0.2) is 0 Å². The number of nitrogens with one attached hydrogen (secondary N) is 1. The molecule has 0 aromatic heterocycles. The highest BCUT2D eigenvalue weighted by Gasteiger charge is 2.39. The summed E-state index contributed by atoms with van der Waals surface area (Å²) in [6.07, 6.45) is -3.60. The third-order valence-corrected chi connectivity index (χ3v) is 2.67. The molecular weight excluding hydrogens is 221 g/mol. The molecule has 0 heterocycles. The lowest BCUT2D eigenvalue weighted by Gasteiger charge is -2.26. The van der Waals surface area contributed by atoms with E-state index in [1.807, 2.05) is 0 Å². The van der Waals surface area contributed by atoms with Gasteiger partial charge >= 0.3 is 6.18 Å². The van der Waals surface area contributed by atoms with Crippen molar-refractivity contribution < 1.29 is 18.3 Å². The van der Waals surface area contributed by atoms with Crippen molar-refractivity contribution in [2.75, 3.05) is 13.1 Å². The van der Waals surface area contributed by atoms with Crippen LogP contribution in [-0.4, -0.2) is 30.0 Å². The Kier molecular flexibility index (Phi) is 5.76. The van der Waals surface area contributed by atoms with E-state index in [9.17, 15) is 18.3 Å². The number of aliphatic hydroxyl groups is 1. The van der Waals surface area contributed by atoms with E-state index in [1.165, 1.54) is 6.07 Å². The molecule has 0 rings (SSSR count). The van der Waals surface area contributed by atoms with Crippen molar-refractivity contribution in [1.82, 2.24) is 5.32 Å². The van der Waals surface area contributed by atoms with Crippen LogP contribution in [-0.2, 0) is 0 Å². The van der Waals surface area contributed by atoms with E-state index in [1.54, 1.807) is 13.8 Å². The lowest BCUT2D eigenvalue weighted by Crippen LogP contribution is -2.43. The predicted octanol–water partition coefficient (Wildman–Crippen LogP) is 1.83. The zero-order valence-corrected chi connectivity index (χ0v) is 9.43. The van der Waals surface area contributed by atoms with Gasteiger partial charge in [0, 0.05) is 13.1 Å². The Balaban J connectivity index is 4.12. The smallest absolute Gasteiger partial charge is 0.389 e. The van der Waals surface area contributed by atoms with Crippen LogP contribution in [0.15, 0.2) is 0 Å². The summed E-state index contributed by atoms with van der Waals surface area (Å²) in [5.41, 5.74) is -0.994. The van der Waals surface area contributed by atoms with Gasteiger partial charge in [0.1, 0.15) is 0 Å². The molecule has 0 amide bonds. The van der Waals surface area contributed by atoms with Crippen LogP contribution < -0.4 is 5.32 Å². The number of nitrogens with zero attached hydrogens (tertiary/aromatic N) is 1. The number of rotatable bonds is 6. The highest BCUT2D eigenvalue weighted by molar-refractivity contribution is 4.90. The average Bonchev–Trinajstić information content (AvgIpc) is 2.22. The fraction of sp³-hybridized carbons (Fsp3) is 0.900. The minimum absolute atomic E-state index is 0.0637. The molecule has 2 N–H and O–H groups in total. The molecule has 6 heteroatoms. The summed E-state index contributed by atoms with van der Waals surface area (Å²) < 4.78 is 36.5. The molecule has 0 spiro atoms. The number of halogens is 3. The van der Waals surface area contributed by atoms with Crippen LogP contribution in [0.25, 0.3) is 0 Å². The maximum atomic E-state index is 12.2. The van der Waals surface area contributed by atoms with E-state index in [-0.39, 0.29) is 6.54 Å². The fourth-order valence-corrected chi connectivity index (χ4v) is 1.18. The number of hydrogen-bond acceptors (Lipinski definition) is 3. The van der Waals surface area contributed by atoms with E-state index >= 15 is 0 Å². The van der Waals surface area contributed by atoms with Crippen molar-refractivity contribution in [3.8, 4) is 6.07 Å².